The zero-order valence-electron chi connectivity index (χ0n) is 26.8. The minimum absolute atomic E-state index is 0.0173. The van der Waals surface area contributed by atoms with Crippen LogP contribution in [0.3, 0.4) is 0 Å². The van der Waals surface area contributed by atoms with Gasteiger partial charge in [-0.25, -0.2) is 15.0 Å². The summed E-state index contributed by atoms with van der Waals surface area (Å²) in [7, 11) is 1.75. The Balaban J connectivity index is 1.35. The highest BCUT2D eigenvalue weighted by molar-refractivity contribution is 6.21. The maximum absolute atomic E-state index is 13.8. The number of phenols is 1. The van der Waals surface area contributed by atoms with Crippen LogP contribution in [0.2, 0.25) is 0 Å². The van der Waals surface area contributed by atoms with E-state index in [0.29, 0.717) is 11.1 Å². The average molecular weight is 683 g/mol. The van der Waals surface area contributed by atoms with E-state index in [1.807, 2.05) is 6.07 Å². The van der Waals surface area contributed by atoms with Crippen LogP contribution in [-0.2, 0) is 43.5 Å². The molecule has 3 aromatic carbocycles. The first-order valence-corrected chi connectivity index (χ1v) is 15.8. The fourth-order valence-electron chi connectivity index (χ4n) is 6.91. The van der Waals surface area contributed by atoms with Crippen molar-refractivity contribution in [2.24, 2.45) is 23.5 Å². The molecule has 0 aliphatic heterocycles. The lowest BCUT2D eigenvalue weighted by Gasteiger charge is -2.41. The van der Waals surface area contributed by atoms with Gasteiger partial charge in [0.05, 0.1) is 17.2 Å². The number of hydrogen-bond acceptors (Lipinski definition) is 11. The standard InChI is InChI=1S/C36H34N4O10/c1-38-22-9-5-8-19(12-22)17-49-35(47)39-40(36(48)50-16-18-6-3-2-4-7-18)24-10-11-25(41)29-23(24)14-20-13-21-15-26(42)30(34(37)46)33(45)28(21)31(43)27(20)32(29)44/h2-12,20-21,28,38,41,44-45H,13-17H2,1H3,(H2,37,46)(H,39,47). The second-order valence-corrected chi connectivity index (χ2v) is 12.2. The molecule has 3 unspecified atom stereocenters. The van der Waals surface area contributed by atoms with Crippen molar-refractivity contribution < 1.29 is 48.8 Å². The lowest BCUT2D eigenvalue weighted by molar-refractivity contribution is -0.127. The summed E-state index contributed by atoms with van der Waals surface area (Å²) in [6, 6.07) is 18.5. The number of ether oxygens (including phenoxy) is 2. The van der Waals surface area contributed by atoms with Crippen LogP contribution >= 0.6 is 0 Å². The molecule has 14 heteroatoms. The van der Waals surface area contributed by atoms with Crippen LogP contribution < -0.4 is 21.5 Å². The molecule has 0 radical (unpaired) electrons. The first kappa shape index (κ1) is 33.6. The number of carbonyl (C=O) groups excluding carboxylic acids is 5. The second kappa shape index (κ2) is 13.7. The SMILES string of the molecule is CNc1cccc(COC(=O)NN(C(=O)OCc2ccccc2)c2ccc(O)c3c2CC2CC4CC(=O)C(C(N)=O)=C(O)C4C(=O)C2=C3O)c1. The third-order valence-electron chi connectivity index (χ3n) is 9.16. The summed E-state index contributed by atoms with van der Waals surface area (Å²) in [6.07, 6.45) is -2.15. The third-order valence-corrected chi connectivity index (χ3v) is 9.16. The van der Waals surface area contributed by atoms with Crippen LogP contribution in [0.15, 0.2) is 83.6 Å². The Morgan fingerprint density at radius 3 is 2.36 bits per heavy atom. The van der Waals surface area contributed by atoms with Crippen LogP contribution in [0, 0.1) is 17.8 Å². The maximum Gasteiger partial charge on any atom is 0.433 e. The first-order valence-electron chi connectivity index (χ1n) is 15.8. The predicted molar refractivity (Wildman–Crippen MR) is 178 cm³/mol. The highest BCUT2D eigenvalue weighted by atomic mass is 16.6. The van der Waals surface area contributed by atoms with Crippen molar-refractivity contribution >= 4 is 46.8 Å². The van der Waals surface area contributed by atoms with Gasteiger partial charge in [-0.15, -0.1) is 0 Å². The van der Waals surface area contributed by atoms with Crippen molar-refractivity contribution in [2.45, 2.75) is 32.5 Å². The highest BCUT2D eigenvalue weighted by Crippen LogP contribution is 2.51. The molecule has 0 saturated heterocycles. The van der Waals surface area contributed by atoms with E-state index in [2.05, 4.69) is 10.7 Å². The summed E-state index contributed by atoms with van der Waals surface area (Å²) >= 11 is 0. The molecule has 3 aliphatic rings. The van der Waals surface area contributed by atoms with Crippen molar-refractivity contribution in [3.63, 3.8) is 0 Å². The number of aliphatic hydroxyl groups excluding tert-OH is 2. The molecule has 0 bridgehead atoms. The van der Waals surface area contributed by atoms with E-state index >= 15 is 0 Å². The average Bonchev–Trinajstić information content (AvgIpc) is 3.09. The number of nitrogens with zero attached hydrogens (tertiary/aromatic N) is 1. The fourth-order valence-corrected chi connectivity index (χ4v) is 6.91. The molecule has 3 atom stereocenters. The molecule has 50 heavy (non-hydrogen) atoms. The summed E-state index contributed by atoms with van der Waals surface area (Å²) in [6.45, 7) is -0.295. The minimum Gasteiger partial charge on any atom is -0.511 e. The van der Waals surface area contributed by atoms with Crippen molar-refractivity contribution in [2.75, 3.05) is 17.4 Å². The molecule has 1 fully saturated rings. The first-order chi connectivity index (χ1) is 24.0. The predicted octanol–water partition coefficient (Wildman–Crippen LogP) is 4.34. The van der Waals surface area contributed by atoms with Gasteiger partial charge in [-0.2, -0.15) is 5.01 Å². The van der Waals surface area contributed by atoms with E-state index in [4.69, 9.17) is 15.2 Å². The van der Waals surface area contributed by atoms with Gasteiger partial charge >= 0.3 is 12.2 Å². The summed E-state index contributed by atoms with van der Waals surface area (Å²) < 4.78 is 11.0. The molecular formula is C36H34N4O10. The van der Waals surface area contributed by atoms with Gasteiger partial charge in [0.25, 0.3) is 5.91 Å². The smallest absolute Gasteiger partial charge is 0.433 e. The third kappa shape index (κ3) is 6.30. The number of anilines is 2. The van der Waals surface area contributed by atoms with E-state index in [1.165, 1.54) is 12.1 Å². The van der Waals surface area contributed by atoms with Crippen molar-refractivity contribution in [3.8, 4) is 5.75 Å². The number of benzene rings is 3. The van der Waals surface area contributed by atoms with E-state index in [0.717, 1.165) is 10.7 Å². The number of hydrogen-bond donors (Lipinski definition) is 6. The Kier molecular flexibility index (Phi) is 9.18. The zero-order valence-corrected chi connectivity index (χ0v) is 26.8. The topological polar surface area (TPSA) is 218 Å². The second-order valence-electron chi connectivity index (χ2n) is 12.2. The summed E-state index contributed by atoms with van der Waals surface area (Å²) in [5.74, 6) is -7.05. The van der Waals surface area contributed by atoms with E-state index in [1.54, 1.807) is 55.6 Å². The van der Waals surface area contributed by atoms with Gasteiger partial charge in [0.2, 0.25) is 0 Å². The Bertz CT molecular complexity index is 1970. The molecule has 14 nitrogen and oxygen atoms in total. The number of rotatable bonds is 7. The zero-order chi connectivity index (χ0) is 35.7. The Morgan fingerprint density at radius 2 is 1.64 bits per heavy atom. The fraction of sp³-hybridized carbons (Fsp3) is 0.250. The van der Waals surface area contributed by atoms with Gasteiger partial charge in [0, 0.05) is 24.7 Å². The quantitative estimate of drug-likeness (QED) is 0.152. The van der Waals surface area contributed by atoms with Gasteiger partial charge in [-0.3, -0.25) is 14.4 Å². The monoisotopic (exact) mass is 682 g/mol. The molecule has 0 spiro atoms. The van der Waals surface area contributed by atoms with Crippen molar-refractivity contribution in [3.05, 3.63) is 106 Å². The Morgan fingerprint density at radius 1 is 0.920 bits per heavy atom. The van der Waals surface area contributed by atoms with Crippen LogP contribution in [-0.4, -0.2) is 52.0 Å². The summed E-state index contributed by atoms with van der Waals surface area (Å²) in [5, 5.41) is 37.1. The van der Waals surface area contributed by atoms with E-state index in [9.17, 15) is 39.3 Å². The van der Waals surface area contributed by atoms with Gasteiger partial charge < -0.3 is 35.8 Å². The van der Waals surface area contributed by atoms with Gasteiger partial charge in [0.1, 0.15) is 36.1 Å². The molecule has 0 aromatic heterocycles. The number of fused-ring (bicyclic) bond motifs is 3. The number of nitrogens with two attached hydrogens (primary N) is 1. The molecule has 3 amide bonds. The van der Waals surface area contributed by atoms with Gasteiger partial charge in [0.15, 0.2) is 11.6 Å². The number of phenolic OH excluding ortho intramolecular Hbond substituents is 1. The van der Waals surface area contributed by atoms with E-state index < -0.39 is 70.3 Å². The molecule has 1 saturated carbocycles. The molecule has 7 N–H and O–H groups in total. The molecule has 6 rings (SSSR count). The van der Waals surface area contributed by atoms with Crippen LogP contribution in [0.1, 0.15) is 35.1 Å². The number of hydrazine groups is 1. The van der Waals surface area contributed by atoms with Gasteiger partial charge in [-0.1, -0.05) is 42.5 Å². The maximum atomic E-state index is 13.8. The van der Waals surface area contributed by atoms with Crippen LogP contribution in [0.5, 0.6) is 5.75 Å². The van der Waals surface area contributed by atoms with Crippen molar-refractivity contribution in [1.82, 2.24) is 5.43 Å². The number of carbonyl (C=O) groups is 5. The number of allylic oxidation sites excluding steroid dienone is 2. The number of primary amides is 1. The number of aromatic hydroxyl groups is 1. The minimum atomic E-state index is -1.29. The van der Waals surface area contributed by atoms with Crippen LogP contribution in [0.25, 0.3) is 5.76 Å². The highest BCUT2D eigenvalue weighted by Gasteiger charge is 2.51. The van der Waals surface area contributed by atoms with Gasteiger partial charge in [-0.05, 0) is 65.6 Å². The molecule has 258 valence electrons. The molecule has 0 heterocycles. The van der Waals surface area contributed by atoms with Crippen molar-refractivity contribution in [1.29, 1.82) is 0 Å². The largest absolute Gasteiger partial charge is 0.511 e. The van der Waals surface area contributed by atoms with Crippen LogP contribution in [0.4, 0.5) is 21.0 Å². The normalized spacial score (nSPS) is 19.5. The number of amides is 3. The lowest BCUT2D eigenvalue weighted by atomic mass is 9.61. The molecular weight excluding hydrogens is 648 g/mol. The summed E-state index contributed by atoms with van der Waals surface area (Å²) in [4.78, 5) is 65.2. The Labute approximate surface area is 285 Å². The number of ketones is 2. The molecule has 3 aliphatic carbocycles. The lowest BCUT2D eigenvalue weighted by Crippen LogP contribution is -2.48. The number of aliphatic hydroxyl groups is 2. The molecule has 3 aromatic rings. The summed E-state index contributed by atoms with van der Waals surface area (Å²) in [5.41, 5.74) is 9.14. The number of nitrogens with one attached hydrogen (secondary N) is 2. The number of Topliss-reactive ketones (excluding diaryl/α,β-unsaturated/α-hetero) is 2. The van der Waals surface area contributed by atoms with E-state index in [-0.39, 0.29) is 54.9 Å². The Hall–Kier alpha value is -6.31.